The molecule has 2 saturated heterocycles. The van der Waals surface area contributed by atoms with Gasteiger partial charge in [-0.3, -0.25) is 0 Å². The van der Waals surface area contributed by atoms with E-state index in [-0.39, 0.29) is 6.10 Å². The van der Waals surface area contributed by atoms with Gasteiger partial charge < -0.3 is 19.3 Å². The smallest absolute Gasteiger partial charge is 0.177 e. The molecule has 0 saturated carbocycles. The fourth-order valence-corrected chi connectivity index (χ4v) is 2.59. The van der Waals surface area contributed by atoms with Crippen molar-refractivity contribution in [1.29, 1.82) is 0 Å². The van der Waals surface area contributed by atoms with Gasteiger partial charge in [-0.2, -0.15) is 0 Å². The summed E-state index contributed by atoms with van der Waals surface area (Å²) < 4.78 is 16.6. The first-order chi connectivity index (χ1) is 8.75. The van der Waals surface area contributed by atoms with E-state index in [2.05, 4.69) is 0 Å². The van der Waals surface area contributed by atoms with Crippen molar-refractivity contribution in [2.45, 2.75) is 36.6 Å². The summed E-state index contributed by atoms with van der Waals surface area (Å²) in [6, 6.07) is 9.80. The van der Waals surface area contributed by atoms with E-state index in [4.69, 9.17) is 25.8 Å². The van der Waals surface area contributed by atoms with E-state index < -0.39 is 23.9 Å². The summed E-state index contributed by atoms with van der Waals surface area (Å²) in [6.07, 6.45) is -1.94. The highest BCUT2D eigenvalue weighted by Gasteiger charge is 2.50. The Bertz CT molecular complexity index is 399. The van der Waals surface area contributed by atoms with Gasteiger partial charge in [0, 0.05) is 0 Å². The number of ether oxygens (including phenoxy) is 3. The maximum atomic E-state index is 10.1. The van der Waals surface area contributed by atoms with E-state index in [1.165, 1.54) is 0 Å². The number of halogens is 1. The van der Waals surface area contributed by atoms with Gasteiger partial charge >= 0.3 is 0 Å². The number of benzene rings is 1. The van der Waals surface area contributed by atoms with E-state index in [0.717, 1.165) is 5.56 Å². The monoisotopic (exact) mass is 270 g/mol. The lowest BCUT2D eigenvalue weighted by atomic mass is 10.0. The molecule has 2 fully saturated rings. The Morgan fingerprint density at radius 2 is 2.11 bits per heavy atom. The van der Waals surface area contributed by atoms with Crippen molar-refractivity contribution in [2.75, 3.05) is 6.61 Å². The first-order valence-corrected chi connectivity index (χ1v) is 6.44. The van der Waals surface area contributed by atoms with Crippen molar-refractivity contribution >= 4 is 11.6 Å². The molecule has 1 aromatic rings. The zero-order valence-corrected chi connectivity index (χ0v) is 10.5. The average Bonchev–Trinajstić information content (AvgIpc) is 2.84. The molecule has 1 aromatic carbocycles. The van der Waals surface area contributed by atoms with Crippen LogP contribution in [0.25, 0.3) is 0 Å². The highest BCUT2D eigenvalue weighted by molar-refractivity contribution is 6.21. The first kappa shape index (κ1) is 12.4. The fourth-order valence-electron chi connectivity index (χ4n) is 2.31. The minimum atomic E-state index is -0.762. The van der Waals surface area contributed by atoms with E-state index in [9.17, 15) is 5.11 Å². The molecule has 0 aromatic heterocycles. The summed E-state index contributed by atoms with van der Waals surface area (Å²) in [5.74, 6) is 0. The highest BCUT2D eigenvalue weighted by Crippen LogP contribution is 2.33. The van der Waals surface area contributed by atoms with Crippen LogP contribution >= 0.6 is 11.6 Å². The molecular weight excluding hydrogens is 256 g/mol. The zero-order chi connectivity index (χ0) is 12.5. The third-order valence-electron chi connectivity index (χ3n) is 3.31. The maximum Gasteiger partial charge on any atom is 0.177 e. The van der Waals surface area contributed by atoms with Crippen molar-refractivity contribution in [1.82, 2.24) is 0 Å². The molecule has 18 heavy (non-hydrogen) atoms. The van der Waals surface area contributed by atoms with Gasteiger partial charge in [0.25, 0.3) is 0 Å². The second-order valence-corrected chi connectivity index (χ2v) is 5.08. The molecule has 4 nitrogen and oxygen atoms in total. The zero-order valence-electron chi connectivity index (χ0n) is 9.74. The van der Waals surface area contributed by atoms with Crippen LogP contribution in [0, 0.1) is 0 Å². The Balaban J connectivity index is 1.65. The Kier molecular flexibility index (Phi) is 3.54. The van der Waals surface area contributed by atoms with Gasteiger partial charge in [-0.25, -0.2) is 0 Å². The largest absolute Gasteiger partial charge is 0.389 e. The Labute approximate surface area is 110 Å². The van der Waals surface area contributed by atoms with Crippen molar-refractivity contribution in [3.8, 4) is 0 Å². The second-order valence-electron chi connectivity index (χ2n) is 4.57. The third-order valence-corrected chi connectivity index (χ3v) is 3.77. The van der Waals surface area contributed by atoms with Crippen molar-refractivity contribution in [2.24, 2.45) is 0 Å². The van der Waals surface area contributed by atoms with E-state index in [0.29, 0.717) is 13.2 Å². The lowest BCUT2D eigenvalue weighted by Gasteiger charge is -2.35. The van der Waals surface area contributed by atoms with Crippen LogP contribution in [-0.2, 0) is 20.8 Å². The molecule has 2 bridgehead atoms. The summed E-state index contributed by atoms with van der Waals surface area (Å²) in [5, 5.41) is 9.50. The van der Waals surface area contributed by atoms with Gasteiger partial charge in [0.1, 0.15) is 23.7 Å². The van der Waals surface area contributed by atoms with Gasteiger partial charge in [-0.1, -0.05) is 30.3 Å². The third kappa shape index (κ3) is 2.27. The molecular formula is C13H15ClO4. The second kappa shape index (κ2) is 5.15. The number of alkyl halides is 1. The minimum Gasteiger partial charge on any atom is -0.389 e. The SMILES string of the molecule is O[C@@H]1[C@@H](Cl)[C@@H]2OC[C@@H](O2)[C@H]1OCc1ccccc1. The molecule has 3 rings (SSSR count). The number of aliphatic hydroxyl groups excluding tert-OH is 1. The topological polar surface area (TPSA) is 47.9 Å². The van der Waals surface area contributed by atoms with Crippen LogP contribution in [0.15, 0.2) is 30.3 Å². The van der Waals surface area contributed by atoms with Gasteiger partial charge in [-0.05, 0) is 5.56 Å². The molecule has 2 aliphatic rings. The molecule has 2 heterocycles. The predicted octanol–water partition coefficient (Wildman–Crippen LogP) is 1.30. The van der Waals surface area contributed by atoms with Gasteiger partial charge in [0.05, 0.1) is 13.2 Å². The number of rotatable bonds is 3. The van der Waals surface area contributed by atoms with Crippen molar-refractivity contribution in [3.63, 3.8) is 0 Å². The Morgan fingerprint density at radius 3 is 2.89 bits per heavy atom. The van der Waals surface area contributed by atoms with Crippen molar-refractivity contribution < 1.29 is 19.3 Å². The molecule has 5 atom stereocenters. The fraction of sp³-hybridized carbons (Fsp3) is 0.538. The van der Waals surface area contributed by atoms with Crippen LogP contribution < -0.4 is 0 Å². The number of hydrogen-bond acceptors (Lipinski definition) is 4. The van der Waals surface area contributed by atoms with Crippen LogP contribution in [0.4, 0.5) is 0 Å². The Morgan fingerprint density at radius 1 is 1.33 bits per heavy atom. The van der Waals surface area contributed by atoms with Crippen molar-refractivity contribution in [3.05, 3.63) is 35.9 Å². The minimum absolute atomic E-state index is 0.233. The van der Waals surface area contributed by atoms with Crippen LogP contribution in [0.1, 0.15) is 5.56 Å². The van der Waals surface area contributed by atoms with E-state index in [1.54, 1.807) is 0 Å². The average molecular weight is 271 g/mol. The molecule has 0 spiro atoms. The summed E-state index contributed by atoms with van der Waals surface area (Å²) in [5.41, 5.74) is 1.05. The lowest BCUT2D eigenvalue weighted by Crippen LogP contribution is -2.52. The number of fused-ring (bicyclic) bond motifs is 2. The Hall–Kier alpha value is -0.650. The van der Waals surface area contributed by atoms with Gasteiger partial charge in [0.2, 0.25) is 0 Å². The molecule has 0 amide bonds. The molecule has 0 aliphatic carbocycles. The standard InChI is InChI=1S/C13H15ClO4/c14-10-11(15)12(9-7-17-13(10)18-9)16-6-8-4-2-1-3-5-8/h1-5,9-13,15H,6-7H2/t9-,10-,11-,12-,13-/m1/s1. The quantitative estimate of drug-likeness (QED) is 0.841. The highest BCUT2D eigenvalue weighted by atomic mass is 35.5. The molecule has 2 aliphatic heterocycles. The molecule has 5 heteroatoms. The van der Waals surface area contributed by atoms with E-state index >= 15 is 0 Å². The van der Waals surface area contributed by atoms with Crippen LogP contribution in [0.3, 0.4) is 0 Å². The first-order valence-electron chi connectivity index (χ1n) is 6.00. The molecule has 0 radical (unpaired) electrons. The molecule has 0 unspecified atom stereocenters. The molecule has 1 N–H and O–H groups in total. The number of hydrogen-bond donors (Lipinski definition) is 1. The van der Waals surface area contributed by atoms with E-state index in [1.807, 2.05) is 30.3 Å². The van der Waals surface area contributed by atoms with Gasteiger partial charge in [0.15, 0.2) is 6.29 Å². The summed E-state index contributed by atoms with van der Waals surface area (Å²) in [4.78, 5) is 0. The predicted molar refractivity (Wildman–Crippen MR) is 65.3 cm³/mol. The number of aliphatic hydroxyl groups is 1. The summed E-state index contributed by atoms with van der Waals surface area (Å²) in [7, 11) is 0. The maximum absolute atomic E-state index is 10.1. The summed E-state index contributed by atoms with van der Waals surface area (Å²) >= 11 is 6.06. The van der Waals surface area contributed by atoms with Crippen LogP contribution in [0.5, 0.6) is 0 Å². The lowest BCUT2D eigenvalue weighted by molar-refractivity contribution is -0.182. The van der Waals surface area contributed by atoms with Crippen LogP contribution in [-0.4, -0.2) is 41.7 Å². The normalized spacial score (nSPS) is 38.9. The molecule has 98 valence electrons. The van der Waals surface area contributed by atoms with Crippen LogP contribution in [0.2, 0.25) is 0 Å². The van der Waals surface area contributed by atoms with Gasteiger partial charge in [-0.15, -0.1) is 11.6 Å². The summed E-state index contributed by atoms with van der Waals surface area (Å²) in [6.45, 7) is 0.848.